The monoisotopic (exact) mass is 661 g/mol. The number of hydrogen-bond donors (Lipinski definition) is 0. The lowest BCUT2D eigenvalue weighted by atomic mass is 9.79. The molecule has 45 heavy (non-hydrogen) atoms. The minimum atomic E-state index is -2.09. The Hall–Kier alpha value is -2.27. The molecule has 0 aliphatic heterocycles. The van der Waals surface area contributed by atoms with Crippen molar-refractivity contribution in [3.8, 4) is 11.8 Å². The van der Waals surface area contributed by atoms with E-state index in [0.717, 1.165) is 12.7 Å². The van der Waals surface area contributed by atoms with Gasteiger partial charge in [-0.1, -0.05) is 84.3 Å². The second kappa shape index (κ2) is 18.8. The van der Waals surface area contributed by atoms with Gasteiger partial charge in [0.25, 0.3) is 0 Å². The minimum absolute atomic E-state index is 0.0660. The van der Waals surface area contributed by atoms with Crippen LogP contribution in [-0.2, 0) is 29.8 Å². The van der Waals surface area contributed by atoms with Crippen molar-refractivity contribution in [2.24, 2.45) is 5.41 Å². The van der Waals surface area contributed by atoms with Gasteiger partial charge in [0.05, 0.1) is 31.8 Å². The Morgan fingerprint density at radius 2 is 1.71 bits per heavy atom. The lowest BCUT2D eigenvalue weighted by Gasteiger charge is -2.46. The predicted molar refractivity (Wildman–Crippen MR) is 188 cm³/mol. The van der Waals surface area contributed by atoms with Gasteiger partial charge in [-0.2, -0.15) is 0 Å². The zero-order valence-electron chi connectivity index (χ0n) is 30.1. The second-order valence-corrected chi connectivity index (χ2v) is 24.9. The fraction of sp³-hybridized carbons (Fsp3) is 0.657. The summed E-state index contributed by atoms with van der Waals surface area (Å²) in [5.74, 6) is 5.97. The molecule has 0 unspecified atom stereocenters. The van der Waals surface area contributed by atoms with Gasteiger partial charge < -0.3 is 27.8 Å². The molecule has 8 nitrogen and oxygen atoms in total. The van der Waals surface area contributed by atoms with Crippen molar-refractivity contribution in [1.82, 2.24) is 4.98 Å². The number of oxazole rings is 1. The normalized spacial score (nSPS) is 15.4. The van der Waals surface area contributed by atoms with Gasteiger partial charge in [0.1, 0.15) is 13.1 Å². The van der Waals surface area contributed by atoms with Crippen LogP contribution < -0.4 is 0 Å². The smallest absolute Gasteiger partial charge is 0.360 e. The summed E-state index contributed by atoms with van der Waals surface area (Å²) in [6, 6.07) is 1.11. The average Bonchev–Trinajstić information content (AvgIpc) is 3.41. The molecule has 0 saturated carbocycles. The molecule has 0 radical (unpaired) electrons. The van der Waals surface area contributed by atoms with Gasteiger partial charge in [-0.3, -0.25) is 0 Å². The van der Waals surface area contributed by atoms with Gasteiger partial charge in [0.2, 0.25) is 0 Å². The molecule has 0 aliphatic rings. The van der Waals surface area contributed by atoms with E-state index < -0.39 is 22.4 Å². The molecule has 0 aromatic carbocycles. The van der Waals surface area contributed by atoms with E-state index in [1.165, 1.54) is 13.4 Å². The van der Waals surface area contributed by atoms with Crippen LogP contribution in [0.4, 0.5) is 0 Å². The van der Waals surface area contributed by atoms with Gasteiger partial charge in [-0.05, 0) is 55.7 Å². The van der Waals surface area contributed by atoms with Crippen molar-refractivity contribution in [3.63, 3.8) is 0 Å². The van der Waals surface area contributed by atoms with Crippen molar-refractivity contribution in [2.45, 2.75) is 117 Å². The second-order valence-electron chi connectivity index (χ2n) is 14.5. The van der Waals surface area contributed by atoms with E-state index in [0.29, 0.717) is 18.7 Å². The van der Waals surface area contributed by atoms with Crippen molar-refractivity contribution in [1.29, 1.82) is 0 Å². The van der Waals surface area contributed by atoms with Crippen molar-refractivity contribution in [3.05, 3.63) is 54.3 Å². The summed E-state index contributed by atoms with van der Waals surface area (Å²) in [6.07, 6.45) is 13.4. The van der Waals surface area contributed by atoms with Gasteiger partial charge >= 0.3 is 5.97 Å². The number of carbonyl (C=O) groups excluding carboxylic acids is 1. The summed E-state index contributed by atoms with van der Waals surface area (Å²) in [4.78, 5) is 15.7. The molecule has 254 valence electrons. The van der Waals surface area contributed by atoms with E-state index in [1.54, 1.807) is 13.2 Å². The van der Waals surface area contributed by atoms with E-state index in [2.05, 4.69) is 101 Å². The number of aromatic nitrogens is 1. The van der Waals surface area contributed by atoms with Gasteiger partial charge in [-0.25, -0.2) is 9.78 Å². The maximum atomic E-state index is 11.6. The molecule has 0 spiro atoms. The molecule has 1 rings (SSSR count). The van der Waals surface area contributed by atoms with Crippen LogP contribution in [0.15, 0.2) is 47.1 Å². The highest BCUT2D eigenvalue weighted by Crippen LogP contribution is 2.42. The molecule has 0 N–H and O–H groups in total. The lowest BCUT2D eigenvalue weighted by molar-refractivity contribution is -0.125. The summed E-state index contributed by atoms with van der Waals surface area (Å²) < 4.78 is 34.8. The highest BCUT2D eigenvalue weighted by atomic mass is 28.4. The number of methoxy groups -OCH3 is 2. The third-order valence-electron chi connectivity index (χ3n) is 8.15. The Balaban J connectivity index is 3.00. The van der Waals surface area contributed by atoms with Crippen molar-refractivity contribution in [2.75, 3.05) is 27.6 Å². The van der Waals surface area contributed by atoms with E-state index in [1.807, 2.05) is 25.2 Å². The Labute approximate surface area is 275 Å². The van der Waals surface area contributed by atoms with Crippen molar-refractivity contribution < 1.29 is 32.6 Å². The van der Waals surface area contributed by atoms with Crippen LogP contribution in [0.5, 0.6) is 0 Å². The zero-order chi connectivity index (χ0) is 34.3. The fourth-order valence-corrected chi connectivity index (χ4v) is 6.20. The molecule has 10 heteroatoms. The topological polar surface area (TPSA) is 89.3 Å². The SMILES string of the molecule is C/C=C/[C@H](OCOCC[Si](C)(C)C)C(C)(C)[C@H](C/C=C\C#C/C=C/[C@@H](Cc1nc(C(=O)OC)co1)OC)O[Si](C)(C)C(C)(C)C. The Kier molecular flexibility index (Phi) is 17.0. The first kappa shape index (κ1) is 40.8. The standard InChI is InChI=1S/C35H59NO7Si2/c1-14-20-30(42-27-40-23-24-44(9,10)11)35(5,6)31(43-45(12,13)34(2,3)4)22-19-17-15-16-18-21-28(38-7)25-32-36-29(26-41-32)33(37)39-8/h14,17-21,26,28,30-31H,22-25,27H2,1-13H3/b19-17-,20-14+,21-18+/t28-,30-,31-/m0/s1. The van der Waals surface area contributed by atoms with Crippen LogP contribution in [0.3, 0.4) is 0 Å². The van der Waals surface area contributed by atoms with Crippen LogP contribution in [0.1, 0.15) is 64.3 Å². The van der Waals surface area contributed by atoms with Crippen LogP contribution >= 0.6 is 0 Å². The summed E-state index contributed by atoms with van der Waals surface area (Å²) in [5, 5.41) is 0.0660. The lowest BCUT2D eigenvalue weighted by Crippen LogP contribution is -2.51. The largest absolute Gasteiger partial charge is 0.464 e. The molecule has 0 amide bonds. The number of carbonyl (C=O) groups is 1. The molecule has 1 heterocycles. The molecular formula is C35H59NO7Si2. The van der Waals surface area contributed by atoms with Crippen LogP contribution in [0.25, 0.3) is 0 Å². The zero-order valence-corrected chi connectivity index (χ0v) is 32.1. The molecule has 1 aromatic rings. The first-order chi connectivity index (χ1) is 20.9. The highest BCUT2D eigenvalue weighted by Gasteiger charge is 2.45. The molecule has 0 fully saturated rings. The average molecular weight is 662 g/mol. The molecule has 1 aromatic heterocycles. The van der Waals surface area contributed by atoms with Crippen LogP contribution in [0, 0.1) is 17.3 Å². The van der Waals surface area contributed by atoms with Crippen LogP contribution in [-0.4, -0.2) is 73.3 Å². The third-order valence-corrected chi connectivity index (χ3v) is 14.3. The maximum absolute atomic E-state index is 11.6. The van der Waals surface area contributed by atoms with Crippen LogP contribution in [0.2, 0.25) is 43.8 Å². The van der Waals surface area contributed by atoms with E-state index in [-0.39, 0.29) is 41.3 Å². The fourth-order valence-electron chi connectivity index (χ4n) is 3.98. The van der Waals surface area contributed by atoms with E-state index in [4.69, 9.17) is 23.1 Å². The molecular weight excluding hydrogens is 603 g/mol. The summed E-state index contributed by atoms with van der Waals surface area (Å²) in [5.41, 5.74) is -0.203. The third kappa shape index (κ3) is 14.8. The first-order valence-electron chi connectivity index (χ1n) is 15.8. The number of ether oxygens (including phenoxy) is 4. The maximum Gasteiger partial charge on any atom is 0.360 e. The summed E-state index contributed by atoms with van der Waals surface area (Å²) >= 11 is 0. The predicted octanol–water partition coefficient (Wildman–Crippen LogP) is 8.21. The summed E-state index contributed by atoms with van der Waals surface area (Å²) in [6.45, 7) is 25.8. The molecule has 0 aliphatic carbocycles. The number of rotatable bonds is 18. The van der Waals surface area contributed by atoms with Crippen molar-refractivity contribution >= 4 is 22.4 Å². The minimum Gasteiger partial charge on any atom is -0.464 e. The molecule has 3 atom stereocenters. The van der Waals surface area contributed by atoms with Gasteiger partial charge in [0.15, 0.2) is 19.9 Å². The number of allylic oxidation sites excluding steroid dienone is 3. The highest BCUT2D eigenvalue weighted by molar-refractivity contribution is 6.76. The van der Waals surface area contributed by atoms with Gasteiger partial charge in [-0.15, -0.1) is 0 Å². The Morgan fingerprint density at radius 1 is 1.04 bits per heavy atom. The number of esters is 1. The quantitative estimate of drug-likeness (QED) is 0.0388. The Morgan fingerprint density at radius 3 is 2.29 bits per heavy atom. The Bertz CT molecular complexity index is 1180. The number of nitrogens with zero attached hydrogens (tertiary/aromatic N) is 1. The first-order valence-corrected chi connectivity index (χ1v) is 22.4. The van der Waals surface area contributed by atoms with E-state index >= 15 is 0 Å². The molecule has 0 saturated heterocycles. The summed E-state index contributed by atoms with van der Waals surface area (Å²) in [7, 11) is -0.353. The van der Waals surface area contributed by atoms with Gasteiger partial charge in [0, 0.05) is 27.2 Å². The van der Waals surface area contributed by atoms with E-state index in [9.17, 15) is 4.79 Å². The molecule has 0 bridgehead atoms. The number of hydrogen-bond acceptors (Lipinski definition) is 8.